The highest BCUT2D eigenvalue weighted by molar-refractivity contribution is 7.91. The topological polar surface area (TPSA) is 86.7 Å². The van der Waals surface area contributed by atoms with Crippen LogP contribution in [-0.4, -0.2) is 45.4 Å². The summed E-state index contributed by atoms with van der Waals surface area (Å²) in [6.07, 6.45) is -0.178. The fraction of sp³-hybridized carbons (Fsp3) is 0.429. The molecule has 0 saturated carbocycles. The molecule has 116 valence electrons. The third-order valence-electron chi connectivity index (χ3n) is 2.76. The minimum absolute atomic E-state index is 0.0756. The van der Waals surface area contributed by atoms with Gasteiger partial charge in [0.25, 0.3) is 0 Å². The van der Waals surface area contributed by atoms with Crippen LogP contribution in [0.1, 0.15) is 23.7 Å². The average molecular weight is 314 g/mol. The molecule has 0 saturated heterocycles. The number of hydrogen-bond acceptors (Lipinski definition) is 6. The Bertz CT molecular complexity index is 606. The van der Waals surface area contributed by atoms with E-state index in [9.17, 15) is 18.0 Å². The Morgan fingerprint density at radius 1 is 1.14 bits per heavy atom. The Hall–Kier alpha value is -1.89. The van der Waals surface area contributed by atoms with Crippen LogP contribution in [0, 0.1) is 0 Å². The second-order valence-electron chi connectivity index (χ2n) is 4.38. The summed E-state index contributed by atoms with van der Waals surface area (Å²) in [5.41, 5.74) is 0.407. The highest BCUT2D eigenvalue weighted by atomic mass is 32.2. The SMILES string of the molecule is COC(=O)CCS(=O)(=O)CCOc1ccccc1C(C)=O. The number of ether oxygens (including phenoxy) is 2. The van der Waals surface area contributed by atoms with Gasteiger partial charge in [-0.1, -0.05) is 12.1 Å². The van der Waals surface area contributed by atoms with Crippen molar-refractivity contribution < 1.29 is 27.5 Å². The van der Waals surface area contributed by atoms with Gasteiger partial charge in [0.2, 0.25) is 0 Å². The monoisotopic (exact) mass is 314 g/mol. The van der Waals surface area contributed by atoms with E-state index in [-0.39, 0.29) is 30.3 Å². The van der Waals surface area contributed by atoms with Gasteiger partial charge in [-0.05, 0) is 19.1 Å². The Morgan fingerprint density at radius 3 is 2.43 bits per heavy atom. The first-order chi connectivity index (χ1) is 9.85. The van der Waals surface area contributed by atoms with Gasteiger partial charge in [-0.25, -0.2) is 8.42 Å². The van der Waals surface area contributed by atoms with Crippen molar-refractivity contribution in [2.24, 2.45) is 0 Å². The van der Waals surface area contributed by atoms with Gasteiger partial charge >= 0.3 is 5.97 Å². The van der Waals surface area contributed by atoms with Crippen molar-refractivity contribution in [3.8, 4) is 5.75 Å². The number of methoxy groups -OCH3 is 1. The molecule has 0 N–H and O–H groups in total. The van der Waals surface area contributed by atoms with E-state index in [1.165, 1.54) is 14.0 Å². The molecular formula is C14H18O6S. The summed E-state index contributed by atoms with van der Waals surface area (Å²) in [4.78, 5) is 22.3. The molecule has 1 aromatic rings. The zero-order valence-electron chi connectivity index (χ0n) is 12.0. The van der Waals surface area contributed by atoms with E-state index in [0.29, 0.717) is 11.3 Å². The standard InChI is InChI=1S/C14H18O6S/c1-11(15)12-5-3-4-6-13(12)20-8-10-21(17,18)9-7-14(16)19-2/h3-6H,7-10H2,1-2H3. The van der Waals surface area contributed by atoms with Crippen molar-refractivity contribution in [2.45, 2.75) is 13.3 Å². The summed E-state index contributed by atoms with van der Waals surface area (Å²) in [7, 11) is -2.20. The first-order valence-corrected chi connectivity index (χ1v) is 8.18. The third-order valence-corrected chi connectivity index (χ3v) is 4.38. The van der Waals surface area contributed by atoms with Crippen LogP contribution < -0.4 is 4.74 Å². The predicted molar refractivity (Wildman–Crippen MR) is 77.2 cm³/mol. The fourth-order valence-corrected chi connectivity index (χ4v) is 2.62. The Balaban J connectivity index is 2.53. The number of benzene rings is 1. The smallest absolute Gasteiger partial charge is 0.306 e. The molecule has 21 heavy (non-hydrogen) atoms. The summed E-state index contributed by atoms with van der Waals surface area (Å²) in [5, 5.41) is 0. The van der Waals surface area contributed by atoms with E-state index >= 15 is 0 Å². The van der Waals surface area contributed by atoms with Crippen LogP contribution in [0.5, 0.6) is 5.75 Å². The number of rotatable bonds is 8. The Morgan fingerprint density at radius 2 is 1.81 bits per heavy atom. The van der Waals surface area contributed by atoms with E-state index in [2.05, 4.69) is 4.74 Å². The molecule has 0 aromatic heterocycles. The number of carbonyl (C=O) groups excluding carboxylic acids is 2. The lowest BCUT2D eigenvalue weighted by atomic mass is 10.1. The summed E-state index contributed by atoms with van der Waals surface area (Å²) >= 11 is 0. The number of hydrogen-bond donors (Lipinski definition) is 0. The first-order valence-electron chi connectivity index (χ1n) is 6.36. The number of carbonyl (C=O) groups is 2. The molecule has 0 heterocycles. The molecule has 0 fully saturated rings. The molecule has 0 aliphatic carbocycles. The second-order valence-corrected chi connectivity index (χ2v) is 6.68. The third kappa shape index (κ3) is 5.95. The lowest BCUT2D eigenvalue weighted by molar-refractivity contribution is -0.140. The highest BCUT2D eigenvalue weighted by Crippen LogP contribution is 2.18. The van der Waals surface area contributed by atoms with Gasteiger partial charge in [-0.15, -0.1) is 0 Å². The van der Waals surface area contributed by atoms with Crippen molar-refractivity contribution in [2.75, 3.05) is 25.2 Å². The van der Waals surface area contributed by atoms with Gasteiger partial charge in [0.1, 0.15) is 12.4 Å². The summed E-state index contributed by atoms with van der Waals surface area (Å²) < 4.78 is 33.2. The molecule has 0 unspecified atom stereocenters. The molecule has 1 rings (SSSR count). The second kappa shape index (κ2) is 7.78. The van der Waals surface area contributed by atoms with Crippen molar-refractivity contribution in [3.05, 3.63) is 29.8 Å². The normalized spacial score (nSPS) is 11.0. The van der Waals surface area contributed by atoms with Gasteiger partial charge in [0.05, 0.1) is 30.6 Å². The first kappa shape index (κ1) is 17.2. The Kier molecular flexibility index (Phi) is 6.36. The van der Waals surface area contributed by atoms with E-state index in [1.807, 2.05) is 0 Å². The zero-order valence-corrected chi connectivity index (χ0v) is 12.8. The van der Waals surface area contributed by atoms with Gasteiger partial charge in [-0.3, -0.25) is 9.59 Å². The van der Waals surface area contributed by atoms with Crippen molar-refractivity contribution in [3.63, 3.8) is 0 Å². The lowest BCUT2D eigenvalue weighted by Gasteiger charge is -2.09. The number of Topliss-reactive ketones (excluding diaryl/α,β-unsaturated/α-hetero) is 1. The molecule has 0 radical (unpaired) electrons. The number of ketones is 1. The highest BCUT2D eigenvalue weighted by Gasteiger charge is 2.15. The molecule has 0 bridgehead atoms. The maximum Gasteiger partial charge on any atom is 0.306 e. The summed E-state index contributed by atoms with van der Waals surface area (Å²) in [6, 6.07) is 6.63. The minimum atomic E-state index is -3.40. The number of sulfone groups is 1. The van der Waals surface area contributed by atoms with Crippen molar-refractivity contribution >= 4 is 21.6 Å². The maximum absolute atomic E-state index is 11.7. The van der Waals surface area contributed by atoms with Crippen LogP contribution >= 0.6 is 0 Å². The fourth-order valence-electron chi connectivity index (χ4n) is 1.60. The molecule has 0 atom stereocenters. The maximum atomic E-state index is 11.7. The molecule has 7 heteroatoms. The molecule has 0 spiro atoms. The molecule has 0 amide bonds. The van der Waals surface area contributed by atoms with E-state index in [1.54, 1.807) is 24.3 Å². The number of para-hydroxylation sites is 1. The summed E-state index contributed by atoms with van der Waals surface area (Å²) in [6.45, 7) is 1.34. The van der Waals surface area contributed by atoms with E-state index in [4.69, 9.17) is 4.74 Å². The Labute approximate surface area is 124 Å². The molecule has 0 aliphatic rings. The van der Waals surface area contributed by atoms with Crippen LogP contribution in [0.4, 0.5) is 0 Å². The lowest BCUT2D eigenvalue weighted by Crippen LogP contribution is -2.19. The number of esters is 1. The van der Waals surface area contributed by atoms with Crippen LogP contribution in [0.25, 0.3) is 0 Å². The predicted octanol–water partition coefficient (Wildman–Crippen LogP) is 1.25. The van der Waals surface area contributed by atoms with Gasteiger partial charge in [0, 0.05) is 0 Å². The van der Waals surface area contributed by atoms with Crippen LogP contribution in [0.3, 0.4) is 0 Å². The average Bonchev–Trinajstić information content (AvgIpc) is 2.45. The van der Waals surface area contributed by atoms with Crippen LogP contribution in [0.15, 0.2) is 24.3 Å². The molecule has 6 nitrogen and oxygen atoms in total. The van der Waals surface area contributed by atoms with Crippen LogP contribution in [0.2, 0.25) is 0 Å². The molecule has 0 aliphatic heterocycles. The molecular weight excluding hydrogens is 296 g/mol. The minimum Gasteiger partial charge on any atom is -0.492 e. The largest absolute Gasteiger partial charge is 0.492 e. The van der Waals surface area contributed by atoms with Crippen molar-refractivity contribution in [1.82, 2.24) is 0 Å². The zero-order chi connectivity index (χ0) is 15.9. The van der Waals surface area contributed by atoms with Crippen molar-refractivity contribution in [1.29, 1.82) is 0 Å². The molecule has 1 aromatic carbocycles. The quantitative estimate of drug-likeness (QED) is 0.530. The van der Waals surface area contributed by atoms with Gasteiger partial charge in [0.15, 0.2) is 15.6 Å². The van der Waals surface area contributed by atoms with Crippen LogP contribution in [-0.2, 0) is 19.4 Å². The van der Waals surface area contributed by atoms with E-state index < -0.39 is 15.8 Å². The summed E-state index contributed by atoms with van der Waals surface area (Å²) in [5.74, 6) is -0.873. The van der Waals surface area contributed by atoms with Gasteiger partial charge < -0.3 is 9.47 Å². The van der Waals surface area contributed by atoms with Gasteiger partial charge in [-0.2, -0.15) is 0 Å². The van der Waals surface area contributed by atoms with E-state index in [0.717, 1.165) is 0 Å².